The van der Waals surface area contributed by atoms with Crippen LogP contribution in [-0.4, -0.2) is 18.1 Å². The molecule has 3 heteroatoms. The smallest absolute Gasteiger partial charge is 0.120 e. The van der Waals surface area contributed by atoms with E-state index in [1.54, 1.807) is 0 Å². The van der Waals surface area contributed by atoms with Crippen molar-refractivity contribution in [3.05, 3.63) is 30.5 Å². The normalized spacial score (nSPS) is 12.9. The van der Waals surface area contributed by atoms with Crippen molar-refractivity contribution in [3.8, 4) is 5.75 Å². The molecule has 0 atom stereocenters. The first-order valence-electron chi connectivity index (χ1n) is 6.76. The Bertz CT molecular complexity index is 555. The van der Waals surface area contributed by atoms with E-state index in [-0.39, 0.29) is 10.8 Å². The highest BCUT2D eigenvalue weighted by Gasteiger charge is 2.36. The largest absolute Gasteiger partial charge is 0.493 e. The van der Waals surface area contributed by atoms with Crippen LogP contribution < -0.4 is 10.5 Å². The molecule has 0 bridgehead atoms. The molecule has 0 spiro atoms. The molecule has 2 aromatic rings. The maximum Gasteiger partial charge on any atom is 0.120 e. The number of aromatic nitrogens is 1. The number of nitrogens with two attached hydrogens (primary N) is 1. The third-order valence-electron chi connectivity index (χ3n) is 4.47. The highest BCUT2D eigenvalue weighted by molar-refractivity contribution is 5.80. The Morgan fingerprint density at radius 1 is 1.11 bits per heavy atom. The van der Waals surface area contributed by atoms with Crippen molar-refractivity contribution < 1.29 is 4.74 Å². The van der Waals surface area contributed by atoms with Crippen molar-refractivity contribution in [2.45, 2.75) is 27.7 Å². The van der Waals surface area contributed by atoms with Crippen LogP contribution in [0.3, 0.4) is 0 Å². The number of rotatable bonds is 5. The molecule has 0 aliphatic carbocycles. The van der Waals surface area contributed by atoms with E-state index in [0.29, 0.717) is 13.2 Å². The summed E-state index contributed by atoms with van der Waals surface area (Å²) in [6.45, 7) is 10.1. The van der Waals surface area contributed by atoms with E-state index in [1.807, 2.05) is 18.3 Å². The second-order valence-corrected chi connectivity index (χ2v) is 6.49. The predicted molar refractivity (Wildman–Crippen MR) is 80.4 cm³/mol. The first-order chi connectivity index (χ1) is 8.86. The summed E-state index contributed by atoms with van der Waals surface area (Å²) in [6.07, 6.45) is 1.94. The minimum atomic E-state index is 0.0227. The van der Waals surface area contributed by atoms with Crippen molar-refractivity contribution in [3.63, 3.8) is 0 Å². The van der Waals surface area contributed by atoms with Crippen molar-refractivity contribution in [1.82, 2.24) is 4.98 Å². The average Bonchev–Trinajstić information content (AvgIpc) is 2.83. The Morgan fingerprint density at radius 2 is 1.84 bits per heavy atom. The zero-order valence-electron chi connectivity index (χ0n) is 12.3. The molecule has 0 amide bonds. The molecule has 0 aliphatic rings. The number of ether oxygens (including phenoxy) is 1. The van der Waals surface area contributed by atoms with Crippen LogP contribution in [0.1, 0.15) is 27.7 Å². The second-order valence-electron chi connectivity index (χ2n) is 6.49. The van der Waals surface area contributed by atoms with Crippen LogP contribution in [0.5, 0.6) is 5.75 Å². The van der Waals surface area contributed by atoms with Gasteiger partial charge in [-0.3, -0.25) is 0 Å². The van der Waals surface area contributed by atoms with Gasteiger partial charge >= 0.3 is 0 Å². The van der Waals surface area contributed by atoms with Crippen LogP contribution in [0, 0.1) is 10.8 Å². The number of fused-ring (bicyclic) bond motifs is 1. The van der Waals surface area contributed by atoms with Crippen molar-refractivity contribution in [2.24, 2.45) is 16.6 Å². The fourth-order valence-corrected chi connectivity index (χ4v) is 1.86. The van der Waals surface area contributed by atoms with Crippen molar-refractivity contribution in [2.75, 3.05) is 13.2 Å². The molecule has 0 fully saturated rings. The summed E-state index contributed by atoms with van der Waals surface area (Å²) in [4.78, 5) is 3.18. The minimum Gasteiger partial charge on any atom is -0.493 e. The van der Waals surface area contributed by atoms with E-state index < -0.39 is 0 Å². The maximum atomic E-state index is 5.97. The molecule has 3 nitrogen and oxygen atoms in total. The average molecular weight is 260 g/mol. The number of aromatic amines is 1. The Balaban J connectivity index is 2.09. The molecule has 0 radical (unpaired) electrons. The first kappa shape index (κ1) is 13.9. The zero-order chi connectivity index (χ0) is 14.1. The molecular formula is C16H24N2O. The number of nitrogens with one attached hydrogen (secondary N) is 1. The Hall–Kier alpha value is -1.48. The van der Waals surface area contributed by atoms with Gasteiger partial charge in [0.2, 0.25) is 0 Å². The van der Waals surface area contributed by atoms with Gasteiger partial charge in [0.15, 0.2) is 0 Å². The minimum absolute atomic E-state index is 0.0227. The van der Waals surface area contributed by atoms with E-state index in [4.69, 9.17) is 10.5 Å². The topological polar surface area (TPSA) is 51.0 Å². The Morgan fingerprint density at radius 3 is 2.53 bits per heavy atom. The summed E-state index contributed by atoms with van der Waals surface area (Å²) < 4.78 is 5.97. The van der Waals surface area contributed by atoms with Crippen LogP contribution in [0.2, 0.25) is 0 Å². The molecule has 0 saturated carbocycles. The summed E-state index contributed by atoms with van der Waals surface area (Å²) in [5.41, 5.74) is 7.06. The fourth-order valence-electron chi connectivity index (χ4n) is 1.86. The third kappa shape index (κ3) is 2.76. The molecule has 1 heterocycles. The zero-order valence-corrected chi connectivity index (χ0v) is 12.3. The molecule has 1 aromatic carbocycles. The van der Waals surface area contributed by atoms with Gasteiger partial charge in [0, 0.05) is 22.5 Å². The molecule has 19 heavy (non-hydrogen) atoms. The van der Waals surface area contributed by atoms with E-state index in [0.717, 1.165) is 11.3 Å². The fraction of sp³-hybridized carbons (Fsp3) is 0.500. The Kier molecular flexibility index (Phi) is 3.59. The van der Waals surface area contributed by atoms with Gasteiger partial charge in [-0.15, -0.1) is 0 Å². The van der Waals surface area contributed by atoms with Gasteiger partial charge in [0.1, 0.15) is 5.75 Å². The molecule has 0 unspecified atom stereocenters. The van der Waals surface area contributed by atoms with Crippen LogP contribution in [0.15, 0.2) is 30.5 Å². The van der Waals surface area contributed by atoms with E-state index in [2.05, 4.69) is 44.8 Å². The maximum absolute atomic E-state index is 5.97. The van der Waals surface area contributed by atoms with Crippen molar-refractivity contribution in [1.29, 1.82) is 0 Å². The number of hydrogen-bond acceptors (Lipinski definition) is 2. The lowest BCUT2D eigenvalue weighted by Gasteiger charge is -2.40. The lowest BCUT2D eigenvalue weighted by molar-refractivity contribution is 0.0549. The number of H-pyrrole nitrogens is 1. The Labute approximate surface area is 115 Å². The second kappa shape index (κ2) is 4.89. The van der Waals surface area contributed by atoms with Gasteiger partial charge in [0.05, 0.1) is 6.61 Å². The number of hydrogen-bond donors (Lipinski definition) is 2. The predicted octanol–water partition coefficient (Wildman–Crippen LogP) is 3.56. The summed E-state index contributed by atoms with van der Waals surface area (Å²) in [5, 5.41) is 1.17. The summed E-state index contributed by atoms with van der Waals surface area (Å²) in [7, 11) is 0. The first-order valence-corrected chi connectivity index (χ1v) is 6.76. The van der Waals surface area contributed by atoms with Crippen LogP contribution >= 0.6 is 0 Å². The molecule has 104 valence electrons. The van der Waals surface area contributed by atoms with Crippen LogP contribution in [-0.2, 0) is 0 Å². The molecular weight excluding hydrogens is 236 g/mol. The lowest BCUT2D eigenvalue weighted by Crippen LogP contribution is -2.42. The highest BCUT2D eigenvalue weighted by atomic mass is 16.5. The molecule has 0 saturated heterocycles. The monoisotopic (exact) mass is 260 g/mol. The third-order valence-corrected chi connectivity index (χ3v) is 4.47. The van der Waals surface area contributed by atoms with Gasteiger partial charge in [-0.2, -0.15) is 0 Å². The van der Waals surface area contributed by atoms with E-state index in [9.17, 15) is 0 Å². The van der Waals surface area contributed by atoms with Crippen molar-refractivity contribution >= 4 is 10.9 Å². The van der Waals surface area contributed by atoms with Gasteiger partial charge in [-0.05, 0) is 36.2 Å². The van der Waals surface area contributed by atoms with Gasteiger partial charge in [0.25, 0.3) is 0 Å². The standard InChI is InChI=1S/C16H24N2O/c1-15(2,10-17)16(3,4)11-19-13-5-6-14-12(9-13)7-8-18-14/h5-9,18H,10-11,17H2,1-4H3. The summed E-state index contributed by atoms with van der Waals surface area (Å²) >= 11 is 0. The molecule has 2 rings (SSSR count). The van der Waals surface area contributed by atoms with Crippen LogP contribution in [0.4, 0.5) is 0 Å². The summed E-state index contributed by atoms with van der Waals surface area (Å²) in [6, 6.07) is 8.17. The highest BCUT2D eigenvalue weighted by Crippen LogP contribution is 2.38. The van der Waals surface area contributed by atoms with Gasteiger partial charge in [-0.1, -0.05) is 27.7 Å². The number of benzene rings is 1. The SMILES string of the molecule is CC(C)(CN)C(C)(C)COc1ccc2[nH]ccc2c1. The van der Waals surface area contributed by atoms with E-state index >= 15 is 0 Å². The molecule has 0 aliphatic heterocycles. The molecule has 3 N–H and O–H groups in total. The lowest BCUT2D eigenvalue weighted by atomic mass is 9.68. The summed E-state index contributed by atoms with van der Waals surface area (Å²) in [5.74, 6) is 0.910. The molecule has 1 aromatic heterocycles. The van der Waals surface area contributed by atoms with Crippen LogP contribution in [0.25, 0.3) is 10.9 Å². The van der Waals surface area contributed by atoms with E-state index in [1.165, 1.54) is 5.39 Å². The van der Waals surface area contributed by atoms with Gasteiger partial charge < -0.3 is 15.5 Å². The quantitative estimate of drug-likeness (QED) is 0.863. The van der Waals surface area contributed by atoms with Gasteiger partial charge in [-0.25, -0.2) is 0 Å².